The van der Waals surface area contributed by atoms with E-state index in [1.54, 1.807) is 30.5 Å². The monoisotopic (exact) mass is 641 g/mol. The minimum absolute atomic E-state index is 0.276. The number of carboxylic acid groups (broad SMARTS) is 1. The number of rotatable bonds is 7. The van der Waals surface area contributed by atoms with Crippen LogP contribution in [0.25, 0.3) is 10.9 Å². The smallest absolute Gasteiger partial charge is 0.344 e. The second kappa shape index (κ2) is 10.4. The number of aliphatic carboxylic acids is 1. The molecule has 0 aliphatic heterocycles. The molecule has 1 N–H and O–H groups in total. The molecule has 0 fully saturated rings. The summed E-state index contributed by atoms with van der Waals surface area (Å²) in [5.74, 6) is 0.194. The van der Waals surface area contributed by atoms with Gasteiger partial charge < -0.3 is 14.6 Å². The Bertz CT molecular complexity index is 1330. The number of hydrogen-bond acceptors (Lipinski definition) is 6. The van der Waals surface area contributed by atoms with Gasteiger partial charge in [0.2, 0.25) is 0 Å². The lowest BCUT2D eigenvalue weighted by molar-refractivity contribution is -0.144. The summed E-state index contributed by atoms with van der Waals surface area (Å²) in [7, 11) is 0. The van der Waals surface area contributed by atoms with Crippen molar-refractivity contribution in [2.24, 2.45) is 5.10 Å². The lowest BCUT2D eigenvalue weighted by Crippen LogP contribution is -2.29. The van der Waals surface area contributed by atoms with Crippen molar-refractivity contribution in [3.05, 3.63) is 60.1 Å². The fourth-order valence-corrected chi connectivity index (χ4v) is 4.25. The average molecular weight is 642 g/mol. The van der Waals surface area contributed by atoms with E-state index < -0.39 is 17.5 Å². The van der Waals surface area contributed by atoms with Crippen molar-refractivity contribution in [3.8, 4) is 11.5 Å². The van der Waals surface area contributed by atoms with E-state index in [2.05, 4.69) is 43.6 Å². The summed E-state index contributed by atoms with van der Waals surface area (Å²) < 4.78 is 14.0. The van der Waals surface area contributed by atoms with Gasteiger partial charge in [-0.1, -0.05) is 36.7 Å². The molecule has 8 nitrogen and oxygen atoms in total. The maximum atomic E-state index is 13.3. The second-order valence-corrected chi connectivity index (χ2v) is 10.6. The molecule has 0 aliphatic rings. The predicted molar refractivity (Wildman–Crippen MR) is 143 cm³/mol. The highest BCUT2D eigenvalue weighted by atomic mass is 127. The van der Waals surface area contributed by atoms with E-state index in [1.807, 2.05) is 33.8 Å². The highest BCUT2D eigenvalue weighted by Crippen LogP contribution is 2.35. The van der Waals surface area contributed by atoms with Crippen LogP contribution in [0.4, 0.5) is 0 Å². The van der Waals surface area contributed by atoms with E-state index in [1.165, 1.54) is 11.6 Å². The van der Waals surface area contributed by atoms with Crippen LogP contribution >= 0.6 is 38.5 Å². The number of fused-ring (bicyclic) bond motifs is 1. The molecule has 1 atom stereocenters. The summed E-state index contributed by atoms with van der Waals surface area (Å²) in [6.45, 7) is 9.55. The Labute approximate surface area is 219 Å². The maximum Gasteiger partial charge on any atom is 0.344 e. The Hall–Kier alpha value is -2.47. The first-order valence-electron chi connectivity index (χ1n) is 10.5. The first-order valence-corrected chi connectivity index (χ1v) is 12.4. The zero-order valence-corrected chi connectivity index (χ0v) is 23.2. The maximum absolute atomic E-state index is 13.3. The molecule has 0 aliphatic carbocycles. The fraction of sp³-hybridized carbons (Fsp3) is 0.333. The standard InChI is InChI=1S/C24H25BrIN3O5/c1-6-33-19-10-14(9-17(26)20(19)34-13(2)22(31)32)12-27-29-21(30)16-11-15(25)7-8-18(16)28-23(29)24(3,4)5/h7-13H,6H2,1-5H3,(H,31,32)/t13-/m0/s1. The first kappa shape index (κ1) is 26.1. The minimum Gasteiger partial charge on any atom is -0.490 e. The van der Waals surface area contributed by atoms with Crippen LogP contribution in [0, 0.1) is 3.57 Å². The Morgan fingerprint density at radius 3 is 2.65 bits per heavy atom. The molecule has 0 saturated heterocycles. The summed E-state index contributed by atoms with van der Waals surface area (Å²) in [5, 5.41) is 14.1. The van der Waals surface area contributed by atoms with E-state index in [-0.39, 0.29) is 5.56 Å². The minimum atomic E-state index is -1.08. The van der Waals surface area contributed by atoms with Gasteiger partial charge in [-0.15, -0.1) is 0 Å². The Morgan fingerprint density at radius 1 is 1.32 bits per heavy atom. The van der Waals surface area contributed by atoms with Gasteiger partial charge in [0.1, 0.15) is 5.82 Å². The third kappa shape index (κ3) is 5.77. The molecule has 34 heavy (non-hydrogen) atoms. The molecule has 180 valence electrons. The summed E-state index contributed by atoms with van der Waals surface area (Å²) >= 11 is 5.47. The quantitative estimate of drug-likeness (QED) is 0.281. The summed E-state index contributed by atoms with van der Waals surface area (Å²) in [6.07, 6.45) is 0.514. The average Bonchev–Trinajstić information content (AvgIpc) is 2.75. The van der Waals surface area contributed by atoms with Crippen LogP contribution in [0.1, 0.15) is 46.0 Å². The summed E-state index contributed by atoms with van der Waals surface area (Å²) in [4.78, 5) is 29.3. The van der Waals surface area contributed by atoms with E-state index >= 15 is 0 Å². The number of nitrogens with zero attached hydrogens (tertiary/aromatic N) is 3. The van der Waals surface area contributed by atoms with Crippen molar-refractivity contribution in [2.45, 2.75) is 46.1 Å². The molecule has 0 saturated carbocycles. The van der Waals surface area contributed by atoms with Crippen LogP contribution in [-0.4, -0.2) is 39.7 Å². The molecule has 1 aromatic heterocycles. The first-order chi connectivity index (χ1) is 15.9. The van der Waals surface area contributed by atoms with Gasteiger partial charge in [-0.25, -0.2) is 9.78 Å². The van der Waals surface area contributed by atoms with Gasteiger partial charge >= 0.3 is 5.97 Å². The fourth-order valence-electron chi connectivity index (χ4n) is 3.13. The largest absolute Gasteiger partial charge is 0.490 e. The van der Waals surface area contributed by atoms with Gasteiger partial charge in [0.25, 0.3) is 5.56 Å². The van der Waals surface area contributed by atoms with Crippen molar-refractivity contribution in [2.75, 3.05) is 6.61 Å². The molecule has 0 bridgehead atoms. The van der Waals surface area contributed by atoms with Crippen LogP contribution in [0.15, 0.2) is 44.7 Å². The number of carbonyl (C=O) groups is 1. The molecule has 1 heterocycles. The van der Waals surface area contributed by atoms with Gasteiger partial charge in [-0.2, -0.15) is 9.78 Å². The van der Waals surface area contributed by atoms with Crippen LogP contribution in [0.3, 0.4) is 0 Å². The molecule has 0 amide bonds. The van der Waals surface area contributed by atoms with Crippen LogP contribution < -0.4 is 15.0 Å². The van der Waals surface area contributed by atoms with Gasteiger partial charge in [0, 0.05) is 9.89 Å². The van der Waals surface area contributed by atoms with Crippen molar-refractivity contribution in [1.82, 2.24) is 9.66 Å². The van der Waals surface area contributed by atoms with E-state index in [4.69, 9.17) is 14.5 Å². The van der Waals surface area contributed by atoms with Gasteiger partial charge in [0.05, 0.1) is 27.3 Å². The topological polar surface area (TPSA) is 103 Å². The van der Waals surface area contributed by atoms with Crippen molar-refractivity contribution in [1.29, 1.82) is 0 Å². The third-order valence-corrected chi connectivity index (χ3v) is 6.07. The number of hydrogen-bond donors (Lipinski definition) is 1. The highest BCUT2D eigenvalue weighted by molar-refractivity contribution is 14.1. The lowest BCUT2D eigenvalue weighted by atomic mass is 9.95. The molecule has 0 radical (unpaired) electrons. The number of ether oxygens (including phenoxy) is 2. The van der Waals surface area contributed by atoms with Crippen LogP contribution in [0.5, 0.6) is 11.5 Å². The van der Waals surface area contributed by atoms with Gasteiger partial charge in [-0.05, 0) is 72.3 Å². The second-order valence-electron chi connectivity index (χ2n) is 8.57. The molecule has 3 aromatic rings. The Balaban J connectivity index is 2.13. The predicted octanol–water partition coefficient (Wildman–Crippen LogP) is 5.19. The van der Waals surface area contributed by atoms with Crippen LogP contribution in [0.2, 0.25) is 0 Å². The van der Waals surface area contributed by atoms with Crippen molar-refractivity contribution < 1.29 is 19.4 Å². The van der Waals surface area contributed by atoms with E-state index in [0.29, 0.717) is 44.0 Å². The molecular weight excluding hydrogens is 617 g/mol. The van der Waals surface area contributed by atoms with E-state index in [9.17, 15) is 14.7 Å². The zero-order valence-electron chi connectivity index (χ0n) is 19.4. The number of carboxylic acids is 1. The Morgan fingerprint density at radius 2 is 2.03 bits per heavy atom. The van der Waals surface area contributed by atoms with Crippen molar-refractivity contribution in [3.63, 3.8) is 0 Å². The number of benzene rings is 2. The van der Waals surface area contributed by atoms with Gasteiger partial charge in [-0.3, -0.25) is 4.79 Å². The molecular formula is C24H25BrIN3O5. The number of halogens is 2. The highest BCUT2D eigenvalue weighted by Gasteiger charge is 2.23. The molecule has 0 unspecified atom stereocenters. The van der Waals surface area contributed by atoms with Gasteiger partial charge in [0.15, 0.2) is 17.6 Å². The molecule has 2 aromatic carbocycles. The third-order valence-electron chi connectivity index (χ3n) is 4.78. The number of aromatic nitrogens is 2. The molecule has 3 rings (SSSR count). The SMILES string of the molecule is CCOc1cc(C=Nn2c(C(C)(C)C)nc3ccc(Br)cc3c2=O)cc(I)c1O[C@@H](C)C(=O)O. The van der Waals surface area contributed by atoms with Crippen LogP contribution in [-0.2, 0) is 10.2 Å². The summed E-state index contributed by atoms with van der Waals surface area (Å²) in [6, 6.07) is 8.86. The molecule has 0 spiro atoms. The van der Waals surface area contributed by atoms with E-state index in [0.717, 1.165) is 4.47 Å². The zero-order chi connectivity index (χ0) is 25.2. The lowest BCUT2D eigenvalue weighted by Gasteiger charge is -2.21. The Kier molecular flexibility index (Phi) is 8.02. The summed E-state index contributed by atoms with van der Waals surface area (Å²) in [5.41, 5.74) is 0.548. The normalized spacial score (nSPS) is 12.8. The van der Waals surface area contributed by atoms with Crippen molar-refractivity contribution >= 4 is 61.6 Å². The molecule has 10 heteroatoms.